The zero-order chi connectivity index (χ0) is 18.1. The number of hydrogen-bond donors (Lipinski definition) is 0. The van der Waals surface area contributed by atoms with Gasteiger partial charge < -0.3 is 13.9 Å². The molecule has 1 fully saturated rings. The second-order valence-corrected chi connectivity index (χ2v) is 6.86. The molecule has 0 aliphatic carbocycles. The number of likely N-dealkylation sites (tertiary alicyclic amines) is 1. The maximum absolute atomic E-state index is 12.8. The predicted molar refractivity (Wildman–Crippen MR) is 97.0 cm³/mol. The summed E-state index contributed by atoms with van der Waals surface area (Å²) >= 11 is 6.22. The third kappa shape index (κ3) is 3.12. The van der Waals surface area contributed by atoms with Gasteiger partial charge in [0.15, 0.2) is 5.82 Å². The maximum Gasteiger partial charge on any atom is 0.290 e. The van der Waals surface area contributed by atoms with Crippen LogP contribution in [0, 0.1) is 0 Å². The van der Waals surface area contributed by atoms with Gasteiger partial charge in [-0.05, 0) is 24.5 Å². The summed E-state index contributed by atoms with van der Waals surface area (Å²) in [6.07, 6.45) is 7.45. The van der Waals surface area contributed by atoms with Crippen molar-refractivity contribution in [3.8, 4) is 0 Å². The molecule has 0 N–H and O–H groups in total. The summed E-state index contributed by atoms with van der Waals surface area (Å²) in [5, 5.41) is 0.706. The summed E-state index contributed by atoms with van der Waals surface area (Å²) in [6.45, 7) is 0.679. The minimum atomic E-state index is -0.154. The van der Waals surface area contributed by atoms with E-state index in [2.05, 4.69) is 9.97 Å². The van der Waals surface area contributed by atoms with Crippen LogP contribution in [-0.2, 0) is 13.5 Å². The largest absolute Gasteiger partial charge is 0.443 e. The fourth-order valence-corrected chi connectivity index (χ4v) is 3.56. The van der Waals surface area contributed by atoms with Crippen molar-refractivity contribution < 1.29 is 9.21 Å². The monoisotopic (exact) mass is 370 g/mol. The SMILES string of the molecule is Cn1ccnc1C(=O)N1CCCC1c1ncc(Cc2ccccc2Cl)o1. The van der Waals surface area contributed by atoms with Crippen LogP contribution < -0.4 is 0 Å². The quantitative estimate of drug-likeness (QED) is 0.703. The Morgan fingerprint density at radius 1 is 1.35 bits per heavy atom. The van der Waals surface area contributed by atoms with Gasteiger partial charge in [-0.3, -0.25) is 4.79 Å². The molecular formula is C19H19ClN4O2. The van der Waals surface area contributed by atoms with Crippen LogP contribution in [-0.4, -0.2) is 31.9 Å². The van der Waals surface area contributed by atoms with E-state index in [0.29, 0.717) is 29.7 Å². The molecule has 1 aliphatic rings. The maximum atomic E-state index is 12.8. The number of hydrogen-bond acceptors (Lipinski definition) is 4. The number of rotatable bonds is 4. The van der Waals surface area contributed by atoms with Crippen molar-refractivity contribution in [3.05, 3.63) is 70.9 Å². The van der Waals surface area contributed by atoms with Crippen molar-refractivity contribution >= 4 is 17.5 Å². The van der Waals surface area contributed by atoms with Gasteiger partial charge in [0.1, 0.15) is 11.8 Å². The normalized spacial score (nSPS) is 17.0. The van der Waals surface area contributed by atoms with Gasteiger partial charge >= 0.3 is 0 Å². The lowest BCUT2D eigenvalue weighted by Crippen LogP contribution is -2.32. The highest BCUT2D eigenvalue weighted by Gasteiger charge is 2.35. The molecule has 26 heavy (non-hydrogen) atoms. The average molecular weight is 371 g/mol. The van der Waals surface area contributed by atoms with Gasteiger partial charge in [-0.15, -0.1) is 0 Å². The highest BCUT2D eigenvalue weighted by atomic mass is 35.5. The Kier molecular flexibility index (Phi) is 4.51. The molecule has 0 radical (unpaired) electrons. The average Bonchev–Trinajstić information content (AvgIpc) is 3.36. The van der Waals surface area contributed by atoms with Crippen LogP contribution in [0.2, 0.25) is 5.02 Å². The van der Waals surface area contributed by atoms with Crippen LogP contribution in [0.3, 0.4) is 0 Å². The van der Waals surface area contributed by atoms with E-state index in [1.165, 1.54) is 0 Å². The Morgan fingerprint density at radius 2 is 2.19 bits per heavy atom. The predicted octanol–water partition coefficient (Wildman–Crippen LogP) is 3.63. The van der Waals surface area contributed by atoms with Gasteiger partial charge in [-0.1, -0.05) is 29.8 Å². The van der Waals surface area contributed by atoms with Crippen LogP contribution >= 0.6 is 11.6 Å². The second-order valence-electron chi connectivity index (χ2n) is 6.45. The summed E-state index contributed by atoms with van der Waals surface area (Å²) in [4.78, 5) is 23.2. The van der Waals surface area contributed by atoms with Crippen LogP contribution in [0.4, 0.5) is 0 Å². The van der Waals surface area contributed by atoms with E-state index >= 15 is 0 Å². The van der Waals surface area contributed by atoms with Gasteiger partial charge in [0.25, 0.3) is 5.91 Å². The second kappa shape index (κ2) is 6.96. The van der Waals surface area contributed by atoms with Gasteiger partial charge in [0.2, 0.25) is 5.89 Å². The topological polar surface area (TPSA) is 64.2 Å². The smallest absolute Gasteiger partial charge is 0.290 e. The third-order valence-electron chi connectivity index (χ3n) is 4.71. The molecule has 1 unspecified atom stereocenters. The van der Waals surface area contributed by atoms with Crippen molar-refractivity contribution in [1.82, 2.24) is 19.4 Å². The van der Waals surface area contributed by atoms with E-state index < -0.39 is 0 Å². The fourth-order valence-electron chi connectivity index (χ4n) is 3.35. The molecule has 1 aromatic carbocycles. The van der Waals surface area contributed by atoms with Crippen molar-refractivity contribution in [2.75, 3.05) is 6.54 Å². The third-order valence-corrected chi connectivity index (χ3v) is 5.07. The molecule has 6 nitrogen and oxygen atoms in total. The minimum absolute atomic E-state index is 0.0918. The molecule has 2 aromatic heterocycles. The van der Waals surface area contributed by atoms with E-state index in [4.69, 9.17) is 16.0 Å². The number of amides is 1. The lowest BCUT2D eigenvalue weighted by atomic mass is 10.1. The van der Waals surface area contributed by atoms with Crippen LogP contribution in [0.25, 0.3) is 0 Å². The van der Waals surface area contributed by atoms with E-state index in [1.54, 1.807) is 28.1 Å². The molecule has 3 heterocycles. The summed E-state index contributed by atoms with van der Waals surface area (Å²) in [5.74, 6) is 1.65. The minimum Gasteiger partial charge on any atom is -0.443 e. The van der Waals surface area contributed by atoms with Crippen LogP contribution in [0.5, 0.6) is 0 Å². The van der Waals surface area contributed by atoms with E-state index in [1.807, 2.05) is 31.3 Å². The molecule has 1 saturated heterocycles. The standard InChI is InChI=1S/C19H19ClN4O2/c1-23-10-8-21-17(23)19(25)24-9-4-7-16(24)18-22-12-14(26-18)11-13-5-2-3-6-15(13)20/h2-3,5-6,8,10,12,16H,4,7,9,11H2,1H3. The Labute approximate surface area is 156 Å². The summed E-state index contributed by atoms with van der Waals surface area (Å²) in [7, 11) is 1.82. The summed E-state index contributed by atoms with van der Waals surface area (Å²) in [6, 6.07) is 7.52. The van der Waals surface area contributed by atoms with Crippen molar-refractivity contribution in [2.45, 2.75) is 25.3 Å². The number of aromatic nitrogens is 3. The number of imidazole rings is 1. The number of carbonyl (C=O) groups excluding carboxylic acids is 1. The first-order valence-electron chi connectivity index (χ1n) is 8.60. The zero-order valence-corrected chi connectivity index (χ0v) is 15.2. The number of nitrogens with zero attached hydrogens (tertiary/aromatic N) is 4. The molecule has 0 bridgehead atoms. The molecular weight excluding hydrogens is 352 g/mol. The molecule has 3 aromatic rings. The van der Waals surface area contributed by atoms with E-state index in [9.17, 15) is 4.79 Å². The molecule has 1 atom stereocenters. The highest BCUT2D eigenvalue weighted by molar-refractivity contribution is 6.31. The molecule has 1 amide bonds. The molecule has 7 heteroatoms. The lowest BCUT2D eigenvalue weighted by molar-refractivity contribution is 0.0698. The molecule has 0 spiro atoms. The Hall–Kier alpha value is -2.60. The van der Waals surface area contributed by atoms with Crippen molar-refractivity contribution in [2.24, 2.45) is 7.05 Å². The van der Waals surface area contributed by atoms with Gasteiger partial charge in [-0.25, -0.2) is 9.97 Å². The molecule has 1 aliphatic heterocycles. The first kappa shape index (κ1) is 16.8. The number of aryl methyl sites for hydroxylation is 1. The molecule has 0 saturated carbocycles. The van der Waals surface area contributed by atoms with Gasteiger partial charge in [0.05, 0.1) is 6.20 Å². The first-order valence-corrected chi connectivity index (χ1v) is 8.97. The lowest BCUT2D eigenvalue weighted by Gasteiger charge is -2.21. The number of benzene rings is 1. The van der Waals surface area contributed by atoms with Gasteiger partial charge in [-0.2, -0.15) is 0 Å². The highest BCUT2D eigenvalue weighted by Crippen LogP contribution is 2.33. The number of halogens is 1. The fraction of sp³-hybridized carbons (Fsp3) is 0.316. The molecule has 134 valence electrons. The summed E-state index contributed by atoms with van der Waals surface area (Å²) in [5.41, 5.74) is 0.990. The zero-order valence-electron chi connectivity index (χ0n) is 14.4. The van der Waals surface area contributed by atoms with Gasteiger partial charge in [0, 0.05) is 37.4 Å². The van der Waals surface area contributed by atoms with E-state index in [-0.39, 0.29) is 11.9 Å². The Balaban J connectivity index is 1.54. The number of carbonyl (C=O) groups is 1. The van der Waals surface area contributed by atoms with E-state index in [0.717, 1.165) is 24.2 Å². The first-order chi connectivity index (χ1) is 12.6. The van der Waals surface area contributed by atoms with Crippen LogP contribution in [0.15, 0.2) is 47.3 Å². The van der Waals surface area contributed by atoms with Crippen molar-refractivity contribution in [3.63, 3.8) is 0 Å². The Bertz CT molecular complexity index is 933. The Morgan fingerprint density at radius 3 is 2.96 bits per heavy atom. The van der Waals surface area contributed by atoms with Crippen LogP contribution in [0.1, 0.15) is 46.7 Å². The number of oxazole rings is 1. The molecule has 4 rings (SSSR count). The summed E-state index contributed by atoms with van der Waals surface area (Å²) < 4.78 is 7.70. The van der Waals surface area contributed by atoms with Crippen molar-refractivity contribution in [1.29, 1.82) is 0 Å².